The second-order valence-corrected chi connectivity index (χ2v) is 8.48. The van der Waals surface area contributed by atoms with Crippen LogP contribution in [0.2, 0.25) is 5.02 Å². The minimum absolute atomic E-state index is 0.00292. The quantitative estimate of drug-likeness (QED) is 0.640. The standard InChI is InChI=1S/C21H21ClF3N3O2S/c22-15-5-7-16(8-6-15)31-14-20(30)28-11-9-27(10-12-28)13-19(29)26-18-4-2-1-3-17(18)21(23,24)25/h1-8H,9-14H2,(H,26,29). The summed E-state index contributed by atoms with van der Waals surface area (Å²) >= 11 is 7.28. The van der Waals surface area contributed by atoms with Crippen molar-refractivity contribution in [3.05, 3.63) is 59.1 Å². The predicted octanol–water partition coefficient (Wildman–Crippen LogP) is 4.23. The molecule has 0 aromatic heterocycles. The zero-order valence-electron chi connectivity index (χ0n) is 16.5. The lowest BCUT2D eigenvalue weighted by atomic mass is 10.1. The SMILES string of the molecule is O=C(CN1CCN(C(=O)CSc2ccc(Cl)cc2)CC1)Nc1ccccc1C(F)(F)F. The van der Waals surface area contributed by atoms with Gasteiger partial charge >= 0.3 is 6.18 Å². The van der Waals surface area contributed by atoms with Crippen molar-refractivity contribution in [3.8, 4) is 0 Å². The van der Waals surface area contributed by atoms with Gasteiger partial charge in [0.1, 0.15) is 0 Å². The zero-order chi connectivity index (χ0) is 22.4. The molecule has 0 spiro atoms. The third kappa shape index (κ3) is 6.88. The number of halogens is 4. The van der Waals surface area contributed by atoms with Gasteiger partial charge in [0, 0.05) is 36.1 Å². The van der Waals surface area contributed by atoms with Crippen LogP contribution in [0.4, 0.5) is 18.9 Å². The first-order valence-electron chi connectivity index (χ1n) is 9.57. The normalized spacial score (nSPS) is 15.0. The average molecular weight is 472 g/mol. The van der Waals surface area contributed by atoms with E-state index in [1.54, 1.807) is 17.0 Å². The number of hydrogen-bond donors (Lipinski definition) is 1. The van der Waals surface area contributed by atoms with Gasteiger partial charge in [-0.05, 0) is 36.4 Å². The molecule has 1 fully saturated rings. The molecule has 1 heterocycles. The van der Waals surface area contributed by atoms with Gasteiger partial charge in [-0.3, -0.25) is 14.5 Å². The summed E-state index contributed by atoms with van der Waals surface area (Å²) in [6.07, 6.45) is -4.54. The molecule has 31 heavy (non-hydrogen) atoms. The van der Waals surface area contributed by atoms with Crippen molar-refractivity contribution in [2.45, 2.75) is 11.1 Å². The monoisotopic (exact) mass is 471 g/mol. The summed E-state index contributed by atoms with van der Waals surface area (Å²) in [5.41, 5.74) is -1.13. The van der Waals surface area contributed by atoms with Crippen molar-refractivity contribution in [1.29, 1.82) is 0 Å². The number of benzene rings is 2. The number of nitrogens with zero attached hydrogens (tertiary/aromatic N) is 2. The Morgan fingerprint density at radius 2 is 1.65 bits per heavy atom. The number of para-hydroxylation sites is 1. The first-order valence-corrected chi connectivity index (χ1v) is 10.9. The average Bonchev–Trinajstić information content (AvgIpc) is 2.73. The lowest BCUT2D eigenvalue weighted by Gasteiger charge is -2.34. The topological polar surface area (TPSA) is 52.7 Å². The van der Waals surface area contributed by atoms with E-state index in [1.165, 1.54) is 30.0 Å². The molecular formula is C21H21ClF3N3O2S. The number of anilines is 1. The molecule has 2 aromatic carbocycles. The summed E-state index contributed by atoms with van der Waals surface area (Å²) in [6, 6.07) is 12.1. The van der Waals surface area contributed by atoms with Crippen LogP contribution in [0.1, 0.15) is 5.56 Å². The number of thioether (sulfide) groups is 1. The lowest BCUT2D eigenvalue weighted by Crippen LogP contribution is -2.50. The van der Waals surface area contributed by atoms with Crippen LogP contribution in [-0.4, -0.2) is 60.1 Å². The van der Waals surface area contributed by atoms with E-state index in [1.807, 2.05) is 17.0 Å². The molecule has 0 atom stereocenters. The molecule has 0 bridgehead atoms. The second-order valence-electron chi connectivity index (χ2n) is 6.99. The Balaban J connectivity index is 1.44. The van der Waals surface area contributed by atoms with Crippen LogP contribution in [0.3, 0.4) is 0 Å². The number of nitrogens with one attached hydrogen (secondary N) is 1. The van der Waals surface area contributed by atoms with E-state index in [-0.39, 0.29) is 18.1 Å². The molecule has 1 N–H and O–H groups in total. The molecule has 1 aliphatic heterocycles. The largest absolute Gasteiger partial charge is 0.418 e. The fourth-order valence-electron chi connectivity index (χ4n) is 3.15. The smallest absolute Gasteiger partial charge is 0.339 e. The Hall–Kier alpha value is -2.23. The van der Waals surface area contributed by atoms with Crippen LogP contribution in [0.25, 0.3) is 0 Å². The number of carbonyl (C=O) groups excluding carboxylic acids is 2. The van der Waals surface area contributed by atoms with Crippen molar-refractivity contribution in [1.82, 2.24) is 9.80 Å². The summed E-state index contributed by atoms with van der Waals surface area (Å²) in [5, 5.41) is 2.98. The molecule has 10 heteroatoms. The van der Waals surface area contributed by atoms with E-state index in [0.717, 1.165) is 11.0 Å². The molecule has 1 saturated heterocycles. The van der Waals surface area contributed by atoms with Gasteiger partial charge in [-0.15, -0.1) is 11.8 Å². The van der Waals surface area contributed by atoms with Crippen molar-refractivity contribution < 1.29 is 22.8 Å². The molecular weight excluding hydrogens is 451 g/mol. The zero-order valence-corrected chi connectivity index (χ0v) is 18.1. The van der Waals surface area contributed by atoms with Gasteiger partial charge < -0.3 is 10.2 Å². The summed E-state index contributed by atoms with van der Waals surface area (Å²) < 4.78 is 39.2. The van der Waals surface area contributed by atoms with Crippen LogP contribution in [0.15, 0.2) is 53.4 Å². The van der Waals surface area contributed by atoms with E-state index >= 15 is 0 Å². The fourth-order valence-corrected chi connectivity index (χ4v) is 4.08. The van der Waals surface area contributed by atoms with Crippen molar-refractivity contribution in [3.63, 3.8) is 0 Å². The Morgan fingerprint density at radius 3 is 2.29 bits per heavy atom. The second kappa shape index (κ2) is 10.4. The first-order chi connectivity index (χ1) is 14.7. The maximum absolute atomic E-state index is 13.1. The highest BCUT2D eigenvalue weighted by atomic mass is 35.5. The Bertz CT molecular complexity index is 917. The lowest BCUT2D eigenvalue weighted by molar-refractivity contribution is -0.137. The van der Waals surface area contributed by atoms with E-state index in [9.17, 15) is 22.8 Å². The third-order valence-corrected chi connectivity index (χ3v) is 6.02. The van der Waals surface area contributed by atoms with Crippen molar-refractivity contribution in [2.24, 2.45) is 0 Å². The van der Waals surface area contributed by atoms with Crippen LogP contribution in [-0.2, 0) is 15.8 Å². The van der Waals surface area contributed by atoms with Gasteiger partial charge in [-0.1, -0.05) is 23.7 Å². The third-order valence-electron chi connectivity index (χ3n) is 4.77. The molecule has 2 aromatic rings. The van der Waals surface area contributed by atoms with Crippen LogP contribution in [0, 0.1) is 0 Å². The van der Waals surface area contributed by atoms with Gasteiger partial charge in [0.05, 0.1) is 23.5 Å². The maximum atomic E-state index is 13.1. The highest BCUT2D eigenvalue weighted by Crippen LogP contribution is 2.34. The van der Waals surface area contributed by atoms with E-state index < -0.39 is 17.6 Å². The van der Waals surface area contributed by atoms with E-state index in [4.69, 9.17) is 11.6 Å². The minimum Gasteiger partial charge on any atom is -0.339 e. The molecule has 3 rings (SSSR count). The molecule has 0 radical (unpaired) electrons. The molecule has 5 nitrogen and oxygen atoms in total. The Labute approximate surface area is 187 Å². The summed E-state index contributed by atoms with van der Waals surface area (Å²) in [5.74, 6) is -0.214. The van der Waals surface area contributed by atoms with Crippen LogP contribution in [0.5, 0.6) is 0 Å². The highest BCUT2D eigenvalue weighted by Gasteiger charge is 2.33. The molecule has 166 valence electrons. The van der Waals surface area contributed by atoms with E-state index in [2.05, 4.69) is 5.32 Å². The molecule has 0 aliphatic carbocycles. The first kappa shape index (κ1) is 23.4. The highest BCUT2D eigenvalue weighted by molar-refractivity contribution is 8.00. The fraction of sp³-hybridized carbons (Fsp3) is 0.333. The number of rotatable bonds is 6. The summed E-state index contributed by atoms with van der Waals surface area (Å²) in [4.78, 5) is 29.2. The minimum atomic E-state index is -4.54. The van der Waals surface area contributed by atoms with Gasteiger partial charge in [0.25, 0.3) is 0 Å². The van der Waals surface area contributed by atoms with Crippen LogP contribution < -0.4 is 5.32 Å². The van der Waals surface area contributed by atoms with Gasteiger partial charge in [-0.25, -0.2) is 0 Å². The van der Waals surface area contributed by atoms with Crippen LogP contribution >= 0.6 is 23.4 Å². The number of carbonyl (C=O) groups is 2. The Kier molecular flexibility index (Phi) is 7.85. The number of alkyl halides is 3. The van der Waals surface area contributed by atoms with Gasteiger partial charge in [0.15, 0.2) is 0 Å². The molecule has 0 saturated carbocycles. The van der Waals surface area contributed by atoms with Gasteiger partial charge in [-0.2, -0.15) is 13.2 Å². The summed E-state index contributed by atoms with van der Waals surface area (Å²) in [6.45, 7) is 1.85. The van der Waals surface area contributed by atoms with Crippen molar-refractivity contribution >= 4 is 40.9 Å². The van der Waals surface area contributed by atoms with Crippen molar-refractivity contribution in [2.75, 3.05) is 43.8 Å². The molecule has 2 amide bonds. The summed E-state index contributed by atoms with van der Waals surface area (Å²) in [7, 11) is 0. The number of amides is 2. The molecule has 1 aliphatic rings. The number of piperazine rings is 1. The van der Waals surface area contributed by atoms with Gasteiger partial charge in [0.2, 0.25) is 11.8 Å². The molecule has 0 unspecified atom stereocenters. The Morgan fingerprint density at radius 1 is 1.00 bits per heavy atom. The number of hydrogen-bond acceptors (Lipinski definition) is 4. The maximum Gasteiger partial charge on any atom is 0.418 e. The predicted molar refractivity (Wildman–Crippen MR) is 115 cm³/mol. The van der Waals surface area contributed by atoms with E-state index in [0.29, 0.717) is 37.0 Å².